The Kier molecular flexibility index (Phi) is 11.0. The maximum atomic E-state index is 14.3. The number of carbonyl (C=O) groups excluding carboxylic acids is 1. The summed E-state index contributed by atoms with van der Waals surface area (Å²) in [5, 5.41) is 9.04. The lowest BCUT2D eigenvalue weighted by molar-refractivity contribution is -0.130. The number of carbonyl (C=O) groups is 1. The lowest BCUT2D eigenvalue weighted by Crippen LogP contribution is -2.54. The van der Waals surface area contributed by atoms with Crippen molar-refractivity contribution in [3.63, 3.8) is 0 Å². The molecule has 11 heteroatoms. The number of aliphatic hydroxyl groups is 1. The zero-order chi connectivity index (χ0) is 31.8. The van der Waals surface area contributed by atoms with Crippen molar-refractivity contribution in [1.29, 1.82) is 0 Å². The fourth-order valence-corrected chi connectivity index (χ4v) is 5.75. The predicted octanol–water partition coefficient (Wildman–Crippen LogP) is 6.61. The molecule has 1 heterocycles. The molecule has 0 bridgehead atoms. The Morgan fingerprint density at radius 1 is 0.978 bits per heavy atom. The van der Waals surface area contributed by atoms with Crippen LogP contribution in [0.4, 0.5) is 8.78 Å². The largest absolute Gasteiger partial charge is 0.494 e. The quantitative estimate of drug-likeness (QED) is 0.106. The third-order valence-corrected chi connectivity index (χ3v) is 8.59. The fourth-order valence-electron chi connectivity index (χ4n) is 5.07. The van der Waals surface area contributed by atoms with E-state index in [1.807, 2.05) is 60.7 Å². The summed E-state index contributed by atoms with van der Waals surface area (Å²) in [6.45, 7) is 0.646. The normalized spacial score (nSPS) is 17.4. The number of halogens is 4. The van der Waals surface area contributed by atoms with Crippen molar-refractivity contribution in [2.75, 3.05) is 19.8 Å². The number of nitrogens with zero attached hydrogens (tertiary/aromatic N) is 1. The molecule has 1 aliphatic rings. The van der Waals surface area contributed by atoms with Crippen LogP contribution in [0.3, 0.4) is 0 Å². The molecule has 234 valence electrons. The number of nitrogens with one attached hydrogen (secondary N) is 2. The van der Waals surface area contributed by atoms with E-state index in [2.05, 4.69) is 42.7 Å². The molecule has 1 amide bonds. The average molecular weight is 743 g/mol. The summed E-state index contributed by atoms with van der Waals surface area (Å²) in [5.41, 5.74) is 6.99. The lowest BCUT2D eigenvalue weighted by Gasteiger charge is -2.31. The van der Waals surface area contributed by atoms with E-state index in [0.29, 0.717) is 35.8 Å². The third kappa shape index (κ3) is 8.15. The molecule has 0 radical (unpaired) electrons. The molecule has 0 saturated heterocycles. The monoisotopic (exact) mass is 741 g/mol. The highest BCUT2D eigenvalue weighted by atomic mass is 79.9. The lowest BCUT2D eigenvalue weighted by atomic mass is 9.82. The highest BCUT2D eigenvalue weighted by Gasteiger charge is 2.53. The molecule has 45 heavy (non-hydrogen) atoms. The Labute approximate surface area is 276 Å². The maximum absolute atomic E-state index is 14.3. The number of rotatable bonds is 13. The van der Waals surface area contributed by atoms with Gasteiger partial charge >= 0.3 is 0 Å². The Bertz CT molecular complexity index is 1630. The van der Waals surface area contributed by atoms with Crippen molar-refractivity contribution in [3.05, 3.63) is 134 Å². The van der Waals surface area contributed by atoms with Gasteiger partial charge in [0.15, 0.2) is 11.6 Å². The number of benzene rings is 4. The zero-order valence-corrected chi connectivity index (χ0v) is 27.3. The van der Waals surface area contributed by atoms with Gasteiger partial charge in [0.25, 0.3) is 5.91 Å². The highest BCUT2D eigenvalue weighted by molar-refractivity contribution is 9.10. The first-order chi connectivity index (χ1) is 21.8. The first kappa shape index (κ1) is 32.7. The van der Waals surface area contributed by atoms with Crippen molar-refractivity contribution >= 4 is 43.7 Å². The molecule has 4 aromatic rings. The van der Waals surface area contributed by atoms with Gasteiger partial charge in [-0.3, -0.25) is 10.2 Å². The van der Waals surface area contributed by atoms with Gasteiger partial charge in [0.2, 0.25) is 5.90 Å². The van der Waals surface area contributed by atoms with Crippen LogP contribution in [-0.2, 0) is 22.4 Å². The summed E-state index contributed by atoms with van der Waals surface area (Å²) in [7, 11) is 0. The van der Waals surface area contributed by atoms with Crippen molar-refractivity contribution < 1.29 is 28.2 Å². The van der Waals surface area contributed by atoms with E-state index in [1.165, 1.54) is 12.1 Å². The number of aliphatic imine (C=N–C) groups is 1. The van der Waals surface area contributed by atoms with Gasteiger partial charge in [-0.05, 0) is 77.7 Å². The molecule has 3 N–H and O–H groups in total. The Balaban J connectivity index is 1.47. The second kappa shape index (κ2) is 15.1. The van der Waals surface area contributed by atoms with Crippen LogP contribution in [0, 0.1) is 11.6 Å². The van der Waals surface area contributed by atoms with Crippen LogP contribution in [0.25, 0.3) is 0 Å². The van der Waals surface area contributed by atoms with E-state index >= 15 is 0 Å². The number of hydrazine groups is 1. The van der Waals surface area contributed by atoms with Crippen molar-refractivity contribution in [1.82, 2.24) is 10.9 Å². The summed E-state index contributed by atoms with van der Waals surface area (Å²) < 4.78 is 41.3. The summed E-state index contributed by atoms with van der Waals surface area (Å²) in [6.07, 6.45) is 0.197. The molecule has 0 saturated carbocycles. The van der Waals surface area contributed by atoms with Gasteiger partial charge in [-0.1, -0.05) is 62.2 Å². The van der Waals surface area contributed by atoms with Crippen LogP contribution in [0.1, 0.15) is 34.8 Å². The molecule has 2 atom stereocenters. The van der Waals surface area contributed by atoms with Gasteiger partial charge in [0.05, 0.1) is 6.61 Å². The Hall–Kier alpha value is -3.64. The summed E-state index contributed by atoms with van der Waals surface area (Å²) in [5.74, 6) is -0.824. The molecule has 0 aromatic heterocycles. The minimum absolute atomic E-state index is 0.0417. The van der Waals surface area contributed by atoms with Crippen molar-refractivity contribution in [2.45, 2.75) is 30.9 Å². The van der Waals surface area contributed by atoms with Crippen LogP contribution < -0.4 is 15.6 Å². The molecule has 4 aromatic carbocycles. The van der Waals surface area contributed by atoms with E-state index in [1.54, 1.807) is 12.1 Å². The molecule has 0 unspecified atom stereocenters. The first-order valence-electron chi connectivity index (χ1n) is 14.3. The van der Waals surface area contributed by atoms with Crippen molar-refractivity contribution in [3.8, 4) is 5.75 Å². The summed E-state index contributed by atoms with van der Waals surface area (Å²) in [4.78, 5) is 19.3. The van der Waals surface area contributed by atoms with Crippen molar-refractivity contribution in [2.24, 2.45) is 4.99 Å². The van der Waals surface area contributed by atoms with Gasteiger partial charge in [0, 0.05) is 46.6 Å². The van der Waals surface area contributed by atoms with Crippen LogP contribution in [0.5, 0.6) is 5.75 Å². The molecular formula is C34H31Br2F2N3O4. The summed E-state index contributed by atoms with van der Waals surface area (Å²) >= 11 is 7.11. The molecule has 1 aliphatic heterocycles. The fraction of sp³-hybridized carbons (Fsp3) is 0.235. The molecule has 7 nitrogen and oxygen atoms in total. The Morgan fingerprint density at radius 3 is 2.38 bits per heavy atom. The zero-order valence-electron chi connectivity index (χ0n) is 24.1. The van der Waals surface area contributed by atoms with Gasteiger partial charge in [-0.25, -0.2) is 19.2 Å². The van der Waals surface area contributed by atoms with E-state index in [4.69, 9.17) is 19.6 Å². The van der Waals surface area contributed by atoms with E-state index in [-0.39, 0.29) is 26.0 Å². The number of hydrogen-bond acceptors (Lipinski definition) is 6. The second-order valence-corrected chi connectivity index (χ2v) is 12.3. The second-order valence-electron chi connectivity index (χ2n) is 10.5. The molecule has 0 fully saturated rings. The van der Waals surface area contributed by atoms with Gasteiger partial charge in [-0.15, -0.1) is 0 Å². The number of amides is 1. The van der Waals surface area contributed by atoms with E-state index in [9.17, 15) is 13.6 Å². The summed E-state index contributed by atoms with van der Waals surface area (Å²) in [6, 6.07) is 25.7. The smallest absolute Gasteiger partial charge is 0.266 e. The minimum Gasteiger partial charge on any atom is -0.494 e. The van der Waals surface area contributed by atoms with Crippen LogP contribution in [-0.4, -0.2) is 42.2 Å². The van der Waals surface area contributed by atoms with Gasteiger partial charge in [0.1, 0.15) is 17.4 Å². The SMILES string of the molecule is O=C(NNCCc1cc(F)cc(F)c1)[C@@]1(Cc2ccccc2Br)N=C(c2ccc(OCCCO)cc2)O[C@H]1c1ccc(Br)cc1. The molecular weight excluding hydrogens is 712 g/mol. The number of aliphatic hydroxyl groups excluding tert-OH is 1. The van der Waals surface area contributed by atoms with Crippen LogP contribution >= 0.6 is 31.9 Å². The van der Waals surface area contributed by atoms with Crippen LogP contribution in [0.15, 0.2) is 105 Å². The molecule has 0 spiro atoms. The predicted molar refractivity (Wildman–Crippen MR) is 175 cm³/mol. The minimum atomic E-state index is -1.44. The average Bonchev–Trinajstić information content (AvgIpc) is 3.41. The van der Waals surface area contributed by atoms with Gasteiger partial charge in [-0.2, -0.15) is 0 Å². The number of ether oxygens (including phenoxy) is 2. The van der Waals surface area contributed by atoms with Gasteiger partial charge < -0.3 is 14.6 Å². The molecule has 0 aliphatic carbocycles. The van der Waals surface area contributed by atoms with E-state index in [0.717, 1.165) is 26.1 Å². The topological polar surface area (TPSA) is 92.2 Å². The maximum Gasteiger partial charge on any atom is 0.266 e. The van der Waals surface area contributed by atoms with E-state index < -0.39 is 29.2 Å². The number of hydrogen-bond donors (Lipinski definition) is 3. The standard InChI is InChI=1S/C34H31Br2F2N3O4/c35-26-10-6-23(7-11-26)31-34(21-25-4-1-2-5-30(25)36,33(43)41-39-15-14-22-18-27(37)20-28(38)19-22)40-32(45-31)24-8-12-29(13-9-24)44-17-3-16-42/h1-2,4-13,18-20,31,39,42H,3,14-17,21H2,(H,41,43)/t31-,34-/m0/s1. The third-order valence-electron chi connectivity index (χ3n) is 7.28. The molecule has 5 rings (SSSR count). The Morgan fingerprint density at radius 2 is 1.69 bits per heavy atom. The first-order valence-corrected chi connectivity index (χ1v) is 15.9. The van der Waals surface area contributed by atoms with Crippen LogP contribution in [0.2, 0.25) is 0 Å². The highest BCUT2D eigenvalue weighted by Crippen LogP contribution is 2.43.